The molecule has 1 heterocycles. The first-order valence-electron chi connectivity index (χ1n) is 6.50. The number of aromatic nitrogens is 1. The van der Waals surface area contributed by atoms with Gasteiger partial charge in [-0.2, -0.15) is 8.42 Å². The highest BCUT2D eigenvalue weighted by Gasteiger charge is 2.21. The number of aliphatic hydroxyl groups excluding tert-OH is 1. The van der Waals surface area contributed by atoms with Crippen molar-refractivity contribution >= 4 is 54.0 Å². The fourth-order valence-electron chi connectivity index (χ4n) is 1.75. The van der Waals surface area contributed by atoms with Crippen LogP contribution in [-0.2, 0) is 21.4 Å². The van der Waals surface area contributed by atoms with E-state index >= 15 is 0 Å². The summed E-state index contributed by atoms with van der Waals surface area (Å²) >= 11 is 4.25. The molecule has 2 aromatic rings. The van der Waals surface area contributed by atoms with Crippen molar-refractivity contribution in [2.24, 2.45) is 0 Å². The number of nitrogens with zero attached hydrogens (tertiary/aromatic N) is 1. The van der Waals surface area contributed by atoms with E-state index in [0.717, 1.165) is 11.3 Å². The fraction of sp³-hybridized carbons (Fsp3) is 0.231. The van der Waals surface area contributed by atoms with E-state index in [-0.39, 0.29) is 34.1 Å². The number of ether oxygens (including phenoxy) is 1. The van der Waals surface area contributed by atoms with E-state index in [1.807, 2.05) is 0 Å². The van der Waals surface area contributed by atoms with Gasteiger partial charge in [-0.25, -0.2) is 4.98 Å². The molecule has 0 aliphatic carbocycles. The van der Waals surface area contributed by atoms with Crippen LogP contribution in [0.3, 0.4) is 0 Å². The number of carbonyl (C=O) groups excluding carboxylic acids is 1. The lowest BCUT2D eigenvalue weighted by Gasteiger charge is -2.13. The highest BCUT2D eigenvalue weighted by Crippen LogP contribution is 2.33. The molecule has 0 saturated heterocycles. The molecule has 11 heteroatoms. The van der Waals surface area contributed by atoms with E-state index in [1.165, 1.54) is 31.5 Å². The molecule has 0 fully saturated rings. The number of sulfonamides is 1. The van der Waals surface area contributed by atoms with Crippen LogP contribution in [0.1, 0.15) is 12.5 Å². The minimum Gasteiger partial charge on any atom is -0.495 e. The number of hydrogen-bond donors (Lipinski definition) is 3. The first kappa shape index (κ1) is 18.6. The van der Waals surface area contributed by atoms with Crippen molar-refractivity contribution < 1.29 is 23.1 Å². The van der Waals surface area contributed by atoms with Gasteiger partial charge in [0.25, 0.3) is 10.0 Å². The molecule has 2 rings (SSSR count). The Kier molecular flexibility index (Phi) is 5.80. The summed E-state index contributed by atoms with van der Waals surface area (Å²) in [5.41, 5.74) is 0.743. The Morgan fingerprint density at radius 1 is 1.46 bits per heavy atom. The van der Waals surface area contributed by atoms with Gasteiger partial charge in [-0.05, 0) is 17.7 Å². The van der Waals surface area contributed by atoms with Gasteiger partial charge in [0.15, 0.2) is 10.2 Å². The molecule has 1 aromatic heterocycles. The van der Waals surface area contributed by atoms with E-state index < -0.39 is 10.0 Å². The Morgan fingerprint density at radius 3 is 2.75 bits per heavy atom. The second-order valence-corrected chi connectivity index (χ2v) is 7.92. The number of halogens is 1. The van der Waals surface area contributed by atoms with Gasteiger partial charge in [-0.1, -0.05) is 15.9 Å². The molecule has 0 aliphatic rings. The molecule has 24 heavy (non-hydrogen) atoms. The SMILES string of the molecule is COc1cc(CO)c(Br)cc1NS(=O)(=O)c1csc(NC(C)=O)n1. The first-order chi connectivity index (χ1) is 11.3. The normalized spacial score (nSPS) is 11.2. The van der Waals surface area contributed by atoms with Crippen molar-refractivity contribution in [3.05, 3.63) is 27.5 Å². The number of carbonyl (C=O) groups is 1. The average molecular weight is 436 g/mol. The van der Waals surface area contributed by atoms with E-state index in [9.17, 15) is 18.3 Å². The summed E-state index contributed by atoms with van der Waals surface area (Å²) in [6, 6.07) is 3.01. The van der Waals surface area contributed by atoms with E-state index in [0.29, 0.717) is 10.0 Å². The van der Waals surface area contributed by atoms with E-state index in [2.05, 4.69) is 31.0 Å². The minimum atomic E-state index is -3.96. The molecule has 0 atom stereocenters. The predicted octanol–water partition coefficient (Wildman–Crippen LogP) is 2.17. The maximum Gasteiger partial charge on any atom is 0.280 e. The van der Waals surface area contributed by atoms with Crippen molar-refractivity contribution in [3.8, 4) is 5.75 Å². The lowest BCUT2D eigenvalue weighted by atomic mass is 10.2. The smallest absolute Gasteiger partial charge is 0.280 e. The summed E-state index contributed by atoms with van der Waals surface area (Å²) < 4.78 is 32.9. The van der Waals surface area contributed by atoms with E-state index in [4.69, 9.17) is 4.74 Å². The number of thiazole rings is 1. The van der Waals surface area contributed by atoms with Crippen molar-refractivity contribution in [1.29, 1.82) is 0 Å². The monoisotopic (exact) mass is 435 g/mol. The maximum absolute atomic E-state index is 12.4. The minimum absolute atomic E-state index is 0.187. The van der Waals surface area contributed by atoms with Crippen molar-refractivity contribution in [1.82, 2.24) is 4.98 Å². The highest BCUT2D eigenvalue weighted by atomic mass is 79.9. The molecule has 0 radical (unpaired) electrons. The van der Waals surface area contributed by atoms with E-state index in [1.54, 1.807) is 0 Å². The average Bonchev–Trinajstić information content (AvgIpc) is 2.96. The molecule has 0 saturated carbocycles. The van der Waals surface area contributed by atoms with Crippen LogP contribution in [0.15, 0.2) is 27.0 Å². The summed E-state index contributed by atoms with van der Waals surface area (Å²) in [4.78, 5) is 14.9. The zero-order valence-electron chi connectivity index (χ0n) is 12.7. The molecule has 0 bridgehead atoms. The predicted molar refractivity (Wildman–Crippen MR) is 93.8 cm³/mol. The van der Waals surface area contributed by atoms with Gasteiger partial charge in [0.05, 0.1) is 19.4 Å². The Bertz CT molecular complexity index is 866. The topological polar surface area (TPSA) is 118 Å². The Balaban J connectivity index is 2.33. The number of methoxy groups -OCH3 is 1. The fourth-order valence-corrected chi connectivity index (χ4v) is 4.31. The molecule has 130 valence electrons. The number of hydrogen-bond acceptors (Lipinski definition) is 7. The van der Waals surface area contributed by atoms with Crippen LogP contribution in [0.25, 0.3) is 0 Å². The van der Waals surface area contributed by atoms with Gasteiger partial charge in [0.1, 0.15) is 5.75 Å². The van der Waals surface area contributed by atoms with Crippen LogP contribution in [0.2, 0.25) is 0 Å². The molecule has 0 aliphatic heterocycles. The standard InChI is InChI=1S/C13H14BrN3O5S2/c1-7(19)15-13-16-12(6-23-13)24(20,21)17-10-4-9(14)8(5-18)3-11(10)22-2/h3-4,6,17-18H,5H2,1-2H3,(H,15,16,19). The molecular weight excluding hydrogens is 422 g/mol. The summed E-state index contributed by atoms with van der Waals surface area (Å²) in [5, 5.41) is 13.0. The van der Waals surface area contributed by atoms with Gasteiger partial charge < -0.3 is 15.2 Å². The Hall–Kier alpha value is -1.69. The van der Waals surface area contributed by atoms with Gasteiger partial charge in [0, 0.05) is 16.8 Å². The zero-order chi connectivity index (χ0) is 17.9. The third-order valence-corrected chi connectivity index (χ3v) is 5.72. The third-order valence-electron chi connectivity index (χ3n) is 2.82. The largest absolute Gasteiger partial charge is 0.495 e. The Labute approximate surface area is 151 Å². The third kappa shape index (κ3) is 4.23. The number of amides is 1. The van der Waals surface area contributed by atoms with Crippen LogP contribution in [0.5, 0.6) is 5.75 Å². The molecular formula is C13H14BrN3O5S2. The Morgan fingerprint density at radius 2 is 2.17 bits per heavy atom. The van der Waals surface area contributed by atoms with Crippen LogP contribution in [0.4, 0.5) is 10.8 Å². The van der Waals surface area contributed by atoms with Crippen molar-refractivity contribution in [2.45, 2.75) is 18.6 Å². The molecule has 1 aromatic carbocycles. The highest BCUT2D eigenvalue weighted by molar-refractivity contribution is 9.10. The molecule has 1 amide bonds. The van der Waals surface area contributed by atoms with Crippen LogP contribution in [-0.4, -0.2) is 31.5 Å². The first-order valence-corrected chi connectivity index (χ1v) is 9.65. The molecule has 3 N–H and O–H groups in total. The van der Waals surface area contributed by atoms with Crippen molar-refractivity contribution in [2.75, 3.05) is 17.1 Å². The molecule has 0 spiro atoms. The van der Waals surface area contributed by atoms with Gasteiger partial charge in [0.2, 0.25) is 5.91 Å². The number of benzene rings is 1. The van der Waals surface area contributed by atoms with Crippen LogP contribution in [0, 0.1) is 0 Å². The lowest BCUT2D eigenvalue weighted by molar-refractivity contribution is -0.114. The maximum atomic E-state index is 12.4. The van der Waals surface area contributed by atoms with Gasteiger partial charge in [-0.3, -0.25) is 9.52 Å². The lowest BCUT2D eigenvalue weighted by Crippen LogP contribution is -2.15. The summed E-state index contributed by atoms with van der Waals surface area (Å²) in [7, 11) is -2.57. The van der Waals surface area contributed by atoms with Crippen LogP contribution >= 0.6 is 27.3 Å². The number of anilines is 2. The van der Waals surface area contributed by atoms with Gasteiger partial charge >= 0.3 is 0 Å². The van der Waals surface area contributed by atoms with Gasteiger partial charge in [-0.15, -0.1) is 11.3 Å². The molecule has 8 nitrogen and oxygen atoms in total. The number of rotatable bonds is 6. The summed E-state index contributed by atoms with van der Waals surface area (Å²) in [6.45, 7) is 1.08. The summed E-state index contributed by atoms with van der Waals surface area (Å²) in [5.74, 6) is -0.0883. The number of nitrogens with one attached hydrogen (secondary N) is 2. The zero-order valence-corrected chi connectivity index (χ0v) is 15.9. The number of aliphatic hydroxyl groups is 1. The quantitative estimate of drug-likeness (QED) is 0.639. The second kappa shape index (κ2) is 7.47. The van der Waals surface area contributed by atoms with Crippen LogP contribution < -0.4 is 14.8 Å². The second-order valence-electron chi connectivity index (χ2n) is 4.58. The molecule has 0 unspecified atom stereocenters. The van der Waals surface area contributed by atoms with Crippen molar-refractivity contribution in [3.63, 3.8) is 0 Å². The summed E-state index contributed by atoms with van der Waals surface area (Å²) in [6.07, 6.45) is 0.